The highest BCUT2D eigenvalue weighted by Crippen LogP contribution is 2.46. The molecule has 1 aliphatic carbocycles. The molecule has 2 aliphatic heterocycles. The summed E-state index contributed by atoms with van der Waals surface area (Å²) in [6.45, 7) is 5.75. The molecule has 4 aromatic rings. The van der Waals surface area contributed by atoms with Crippen molar-refractivity contribution in [1.82, 2.24) is 29.4 Å². The number of halogens is 4. The molecule has 250 valence electrons. The van der Waals surface area contributed by atoms with Crippen molar-refractivity contribution >= 4 is 46.0 Å². The molecule has 2 fully saturated rings. The van der Waals surface area contributed by atoms with Crippen molar-refractivity contribution in [2.24, 2.45) is 0 Å². The zero-order valence-corrected chi connectivity index (χ0v) is 26.8. The fourth-order valence-electron chi connectivity index (χ4n) is 7.13. The molecule has 1 saturated carbocycles. The minimum Gasteiger partial charge on any atom is -0.504 e. The first-order valence-electron chi connectivity index (χ1n) is 15.4. The third-order valence-electron chi connectivity index (χ3n) is 9.59. The minimum atomic E-state index is -4.60. The van der Waals surface area contributed by atoms with E-state index in [0.29, 0.717) is 42.2 Å². The number of rotatable bonds is 4. The molecule has 3 aromatic heterocycles. The Morgan fingerprint density at radius 3 is 2.52 bits per heavy atom. The van der Waals surface area contributed by atoms with E-state index in [4.69, 9.17) is 11.6 Å². The number of carbonyl (C=O) groups is 2. The number of benzene rings is 1. The molecule has 16 heteroatoms. The predicted molar refractivity (Wildman–Crippen MR) is 169 cm³/mol. The number of hydrogen-bond donors (Lipinski definition) is 2. The highest BCUT2D eigenvalue weighted by atomic mass is 35.5. The van der Waals surface area contributed by atoms with Crippen LogP contribution in [0.2, 0.25) is 5.02 Å². The fourth-order valence-corrected chi connectivity index (χ4v) is 7.36. The maximum Gasteiger partial charge on any atom is 0.416 e. The van der Waals surface area contributed by atoms with Crippen LogP contribution in [0.5, 0.6) is 5.75 Å². The lowest BCUT2D eigenvalue weighted by atomic mass is 9.81. The van der Waals surface area contributed by atoms with Crippen LogP contribution in [0.25, 0.3) is 11.2 Å². The number of carbonyl (C=O) groups excluding carboxylic acids is 2. The Hall–Kier alpha value is -4.79. The number of amides is 2. The summed E-state index contributed by atoms with van der Waals surface area (Å²) >= 11 is 6.16. The third kappa shape index (κ3) is 5.02. The molecule has 2 amide bonds. The summed E-state index contributed by atoms with van der Waals surface area (Å²) in [5.74, 6) is -1.51. The van der Waals surface area contributed by atoms with Crippen molar-refractivity contribution in [1.29, 1.82) is 0 Å². The van der Waals surface area contributed by atoms with E-state index >= 15 is 0 Å². The molecule has 2 unspecified atom stereocenters. The molecule has 5 heterocycles. The molecule has 3 aliphatic rings. The largest absolute Gasteiger partial charge is 0.504 e. The third-order valence-corrected chi connectivity index (χ3v) is 9.90. The van der Waals surface area contributed by atoms with Crippen molar-refractivity contribution in [3.63, 3.8) is 0 Å². The minimum absolute atomic E-state index is 0.0197. The normalized spacial score (nSPS) is 21.9. The van der Waals surface area contributed by atoms with Gasteiger partial charge in [0.2, 0.25) is 11.3 Å². The van der Waals surface area contributed by atoms with Crippen LogP contribution in [-0.4, -0.2) is 71.5 Å². The van der Waals surface area contributed by atoms with E-state index in [-0.39, 0.29) is 69.7 Å². The van der Waals surface area contributed by atoms with Gasteiger partial charge >= 0.3 is 6.18 Å². The molecule has 4 atom stereocenters. The van der Waals surface area contributed by atoms with Crippen LogP contribution >= 0.6 is 11.6 Å². The van der Waals surface area contributed by atoms with Gasteiger partial charge in [-0.15, -0.1) is 0 Å². The van der Waals surface area contributed by atoms with Gasteiger partial charge in [0.05, 0.1) is 45.6 Å². The topological polar surface area (TPSA) is 146 Å². The van der Waals surface area contributed by atoms with Crippen LogP contribution in [0.4, 0.5) is 24.5 Å². The van der Waals surface area contributed by atoms with E-state index in [1.807, 2.05) is 11.8 Å². The second kappa shape index (κ2) is 11.4. The Morgan fingerprint density at radius 2 is 1.83 bits per heavy atom. The van der Waals surface area contributed by atoms with Crippen molar-refractivity contribution in [3.8, 4) is 5.75 Å². The van der Waals surface area contributed by atoms with E-state index in [2.05, 4.69) is 25.3 Å². The number of hydrogen-bond acceptors (Lipinski definition) is 9. The first-order valence-corrected chi connectivity index (χ1v) is 15.8. The molecule has 12 nitrogen and oxygen atoms in total. The Morgan fingerprint density at radius 1 is 1.08 bits per heavy atom. The number of aryl methyl sites for hydroxylation is 2. The second-order valence-corrected chi connectivity index (χ2v) is 12.9. The van der Waals surface area contributed by atoms with Crippen LogP contribution < -0.4 is 15.6 Å². The lowest BCUT2D eigenvalue weighted by Gasteiger charge is -2.54. The van der Waals surface area contributed by atoms with Gasteiger partial charge in [-0.25, -0.2) is 19.9 Å². The quantitative estimate of drug-likeness (QED) is 0.311. The van der Waals surface area contributed by atoms with Gasteiger partial charge in [0.25, 0.3) is 5.91 Å². The van der Waals surface area contributed by atoms with E-state index in [9.17, 15) is 32.7 Å². The molecule has 48 heavy (non-hydrogen) atoms. The molecule has 1 aromatic carbocycles. The highest BCUT2D eigenvalue weighted by Gasteiger charge is 2.48. The summed E-state index contributed by atoms with van der Waals surface area (Å²) in [4.78, 5) is 62.4. The Kier molecular flexibility index (Phi) is 7.57. The molecular weight excluding hydrogens is 653 g/mol. The van der Waals surface area contributed by atoms with Gasteiger partial charge in [0.15, 0.2) is 22.6 Å². The lowest BCUT2D eigenvalue weighted by molar-refractivity contribution is -0.137. The number of fused-ring (bicyclic) bond motifs is 4. The molecule has 7 rings (SSSR count). The van der Waals surface area contributed by atoms with Crippen molar-refractivity contribution in [2.45, 2.75) is 70.3 Å². The summed E-state index contributed by atoms with van der Waals surface area (Å²) in [6.07, 6.45) is -0.190. The van der Waals surface area contributed by atoms with Crippen LogP contribution in [0.15, 0.2) is 35.5 Å². The van der Waals surface area contributed by atoms with Crippen LogP contribution in [0, 0.1) is 13.8 Å². The summed E-state index contributed by atoms with van der Waals surface area (Å²) < 4.78 is 41.4. The fraction of sp³-hybridized carbons (Fsp3) is 0.406. The number of aromatic nitrogens is 5. The van der Waals surface area contributed by atoms with Crippen LogP contribution in [-0.2, 0) is 11.0 Å². The maximum absolute atomic E-state index is 14.3. The Balaban J connectivity index is 1.27. The van der Waals surface area contributed by atoms with Gasteiger partial charge in [-0.3, -0.25) is 14.4 Å². The van der Waals surface area contributed by atoms with Gasteiger partial charge in [-0.1, -0.05) is 18.5 Å². The summed E-state index contributed by atoms with van der Waals surface area (Å²) in [5, 5.41) is 12.9. The number of nitrogens with zero attached hydrogens (tertiary/aromatic N) is 7. The molecule has 0 bridgehead atoms. The average molecular weight is 683 g/mol. The molecule has 2 N–H and O–H groups in total. The van der Waals surface area contributed by atoms with Crippen molar-refractivity contribution in [2.75, 3.05) is 23.3 Å². The van der Waals surface area contributed by atoms with Gasteiger partial charge in [0, 0.05) is 25.0 Å². The second-order valence-electron chi connectivity index (χ2n) is 12.5. The highest BCUT2D eigenvalue weighted by molar-refractivity contribution is 6.33. The standard InChI is InChI=1S/C32H30ClF3N8O4/c1-14-10-22(30(47)41-19-5-4-17(11-18(19)33)32(34,35)36)44-25(14)26(28(46)23-29(44)37-12-15(2)40-23)42-8-9-43(21-7-6-20(21)42)31(48)24-27(45)16(3)38-13-39-24/h4-5,11-14,20-22,45H,6-10H2,1-3H3,(H,41,47)/t14?,20-,21-,22?/m0/s1. The van der Waals surface area contributed by atoms with Crippen molar-refractivity contribution in [3.05, 3.63) is 74.3 Å². The number of nitrogens with one attached hydrogen (secondary N) is 1. The molecule has 0 spiro atoms. The lowest BCUT2D eigenvalue weighted by Crippen LogP contribution is -2.67. The molecule has 0 radical (unpaired) electrons. The number of piperazine rings is 1. The molecular formula is C32H30ClF3N8O4. The Bertz CT molecular complexity index is 2070. The number of anilines is 2. The van der Waals surface area contributed by atoms with Crippen molar-refractivity contribution < 1.29 is 27.9 Å². The van der Waals surface area contributed by atoms with Crippen LogP contribution in [0.3, 0.4) is 0 Å². The number of alkyl halides is 3. The average Bonchev–Trinajstić information content (AvgIpc) is 3.36. The molecule has 1 saturated heterocycles. The monoisotopic (exact) mass is 682 g/mol. The van der Waals surface area contributed by atoms with Crippen LogP contribution in [0.1, 0.15) is 71.3 Å². The Labute approximate surface area is 276 Å². The zero-order chi connectivity index (χ0) is 34.2. The van der Waals surface area contributed by atoms with E-state index in [0.717, 1.165) is 18.2 Å². The summed E-state index contributed by atoms with van der Waals surface area (Å²) in [5.41, 5.74) is 0.766. The predicted octanol–water partition coefficient (Wildman–Crippen LogP) is 4.76. The first kappa shape index (κ1) is 31.8. The van der Waals surface area contributed by atoms with Gasteiger partial charge in [-0.2, -0.15) is 13.2 Å². The maximum atomic E-state index is 14.3. The number of pyridine rings is 1. The summed E-state index contributed by atoms with van der Waals surface area (Å²) in [6, 6.07) is 1.37. The smallest absolute Gasteiger partial charge is 0.416 e. The van der Waals surface area contributed by atoms with Gasteiger partial charge in [-0.05, 0) is 51.3 Å². The zero-order valence-electron chi connectivity index (χ0n) is 26.0. The first-order chi connectivity index (χ1) is 22.8. The van der Waals surface area contributed by atoms with E-state index in [1.54, 1.807) is 23.3 Å². The SMILES string of the molecule is Cc1cnc2c(n1)c(=O)c(N1CCN(C(=O)c3ncnc(C)c3O)[C@H]3CC[C@@H]31)c1n2C(C(=O)Nc2ccc(C(F)(F)F)cc2Cl)CC1C. The summed E-state index contributed by atoms with van der Waals surface area (Å²) in [7, 11) is 0. The number of aromatic hydroxyl groups is 1. The van der Waals surface area contributed by atoms with E-state index in [1.165, 1.54) is 12.5 Å². The van der Waals surface area contributed by atoms with Gasteiger partial charge in [0.1, 0.15) is 18.1 Å². The van der Waals surface area contributed by atoms with Gasteiger partial charge < -0.3 is 24.8 Å². The van der Waals surface area contributed by atoms with E-state index < -0.39 is 29.6 Å².